The number of carbonyl (C=O) groups excluding carboxylic acids is 1. The van der Waals surface area contributed by atoms with Crippen LogP contribution in [0.5, 0.6) is 5.75 Å². The molecule has 3 aromatic carbocycles. The van der Waals surface area contributed by atoms with E-state index < -0.39 is 16.1 Å². The van der Waals surface area contributed by atoms with Crippen LogP contribution >= 0.6 is 0 Å². The fourth-order valence-corrected chi connectivity index (χ4v) is 5.50. The number of aromatic hydroxyl groups is 1. The lowest BCUT2D eigenvalue weighted by atomic mass is 10.0. The molecule has 1 aliphatic rings. The van der Waals surface area contributed by atoms with Crippen molar-refractivity contribution in [1.82, 2.24) is 5.32 Å². The molecule has 0 saturated carbocycles. The number of ether oxygens (including phenoxy) is 1. The Bertz CT molecular complexity index is 1420. The van der Waals surface area contributed by atoms with Crippen molar-refractivity contribution in [3.05, 3.63) is 83.4 Å². The van der Waals surface area contributed by atoms with Crippen molar-refractivity contribution in [3.8, 4) is 5.75 Å². The van der Waals surface area contributed by atoms with E-state index in [0.29, 0.717) is 30.3 Å². The van der Waals surface area contributed by atoms with Crippen LogP contribution in [0.15, 0.2) is 66.7 Å². The zero-order chi connectivity index (χ0) is 30.1. The molecule has 1 saturated heterocycles. The third kappa shape index (κ3) is 9.10. The topological polar surface area (TPSA) is 140 Å². The van der Waals surface area contributed by atoms with E-state index in [2.05, 4.69) is 44.5 Å². The van der Waals surface area contributed by atoms with Gasteiger partial charge in [0.05, 0.1) is 30.2 Å². The number of carbonyl (C=O) groups is 1. The van der Waals surface area contributed by atoms with E-state index in [-0.39, 0.29) is 24.0 Å². The Morgan fingerprint density at radius 1 is 1.05 bits per heavy atom. The summed E-state index contributed by atoms with van der Waals surface area (Å²) in [4.78, 5) is 14.2. The Morgan fingerprint density at radius 3 is 2.38 bits per heavy atom. The summed E-state index contributed by atoms with van der Waals surface area (Å²) in [5, 5.41) is 27.3. The lowest BCUT2D eigenvalue weighted by Crippen LogP contribution is -2.39. The summed E-state index contributed by atoms with van der Waals surface area (Å²) in [7, 11) is -3.55. The van der Waals surface area contributed by atoms with Gasteiger partial charge >= 0.3 is 5.97 Å². The van der Waals surface area contributed by atoms with E-state index in [4.69, 9.17) is 4.74 Å². The Kier molecular flexibility index (Phi) is 10.7. The van der Waals surface area contributed by atoms with Crippen molar-refractivity contribution in [2.75, 3.05) is 54.0 Å². The number of aliphatic hydroxyl groups is 1. The number of benzene rings is 3. The molecule has 226 valence electrons. The predicted octanol–water partition coefficient (Wildman–Crippen LogP) is 3.89. The predicted molar refractivity (Wildman–Crippen MR) is 166 cm³/mol. The highest BCUT2D eigenvalue weighted by molar-refractivity contribution is 7.92. The Balaban J connectivity index is 1.17. The number of phenolic OH excluding ortho intramolecular Hbond substituents is 1. The summed E-state index contributed by atoms with van der Waals surface area (Å²) >= 11 is 0. The number of nitrogens with zero attached hydrogens (tertiary/aromatic N) is 1. The van der Waals surface area contributed by atoms with Gasteiger partial charge in [-0.1, -0.05) is 18.2 Å². The smallest absolute Gasteiger partial charge is 0.338 e. The van der Waals surface area contributed by atoms with Gasteiger partial charge in [0.1, 0.15) is 5.75 Å². The van der Waals surface area contributed by atoms with Crippen LogP contribution in [0.4, 0.5) is 17.1 Å². The van der Waals surface area contributed by atoms with E-state index in [0.717, 1.165) is 50.0 Å². The average Bonchev–Trinajstić information content (AvgIpc) is 2.97. The molecule has 0 spiro atoms. The van der Waals surface area contributed by atoms with Gasteiger partial charge in [-0.15, -0.1) is 0 Å². The Morgan fingerprint density at radius 2 is 1.74 bits per heavy atom. The first-order valence-electron chi connectivity index (χ1n) is 14.2. The second-order valence-electron chi connectivity index (χ2n) is 10.5. The largest absolute Gasteiger partial charge is 0.506 e. The average molecular weight is 597 g/mol. The van der Waals surface area contributed by atoms with Gasteiger partial charge in [-0.25, -0.2) is 13.2 Å². The zero-order valence-corrected chi connectivity index (χ0v) is 24.9. The van der Waals surface area contributed by atoms with Crippen molar-refractivity contribution in [3.63, 3.8) is 0 Å². The van der Waals surface area contributed by atoms with Gasteiger partial charge in [-0.05, 0) is 92.4 Å². The summed E-state index contributed by atoms with van der Waals surface area (Å²) in [6, 6.07) is 20.8. The Labute approximate surface area is 247 Å². The molecule has 0 radical (unpaired) electrons. The zero-order valence-electron chi connectivity index (χ0n) is 24.0. The molecule has 1 fully saturated rings. The highest BCUT2D eigenvalue weighted by atomic mass is 32.2. The second kappa shape index (κ2) is 14.4. The van der Waals surface area contributed by atoms with Gasteiger partial charge in [0.25, 0.3) is 0 Å². The number of hydrogen-bond donors (Lipinski definition) is 5. The molecule has 1 heterocycles. The minimum absolute atomic E-state index is 0.0374. The van der Waals surface area contributed by atoms with Gasteiger partial charge in [0, 0.05) is 37.1 Å². The number of hydrogen-bond acceptors (Lipinski definition) is 9. The lowest BCUT2D eigenvalue weighted by Gasteiger charge is -2.34. The standard InChI is InChI=1S/C31H40N4O6S/c1-3-41-31(38)23-6-11-27(12-7-23)35-18-15-26(16-19-35)33-25-9-4-22(5-10-25)14-17-32-21-30(37)24-8-13-29(36)28(20-24)34-42(2,39)40/h4-13,20,26,30,32-34,36-37H,3,14-19,21H2,1-2H3/t30-/m1/s1. The van der Waals surface area contributed by atoms with Crippen molar-refractivity contribution in [2.45, 2.75) is 38.3 Å². The Hall–Kier alpha value is -3.80. The van der Waals surface area contributed by atoms with E-state index in [1.54, 1.807) is 13.0 Å². The second-order valence-corrected chi connectivity index (χ2v) is 12.2. The molecular weight excluding hydrogens is 556 g/mol. The molecule has 0 amide bonds. The van der Waals surface area contributed by atoms with Crippen LogP contribution in [-0.2, 0) is 21.2 Å². The van der Waals surface area contributed by atoms with Crippen LogP contribution in [0.25, 0.3) is 0 Å². The molecule has 11 heteroatoms. The number of sulfonamides is 1. The lowest BCUT2D eigenvalue weighted by molar-refractivity contribution is 0.0526. The number of piperidine rings is 1. The third-order valence-electron chi connectivity index (χ3n) is 7.19. The summed E-state index contributed by atoms with van der Waals surface area (Å²) in [5.74, 6) is -0.493. The molecule has 5 N–H and O–H groups in total. The van der Waals surface area contributed by atoms with Crippen molar-refractivity contribution < 1.29 is 28.2 Å². The SMILES string of the molecule is CCOC(=O)c1ccc(N2CCC(Nc3ccc(CCNC[C@@H](O)c4ccc(O)c(NS(C)(=O)=O)c4)cc3)CC2)cc1. The van der Waals surface area contributed by atoms with E-state index in [1.807, 2.05) is 24.3 Å². The van der Waals surface area contributed by atoms with Gasteiger partial charge in [-0.3, -0.25) is 4.72 Å². The minimum Gasteiger partial charge on any atom is -0.506 e. The molecule has 1 atom stereocenters. The van der Waals surface area contributed by atoms with Gasteiger partial charge in [0.15, 0.2) is 0 Å². The van der Waals surface area contributed by atoms with Crippen LogP contribution in [0.2, 0.25) is 0 Å². The highest BCUT2D eigenvalue weighted by Crippen LogP contribution is 2.28. The molecule has 4 rings (SSSR count). The maximum atomic E-state index is 11.9. The molecular formula is C31H40N4O6S. The van der Waals surface area contributed by atoms with Crippen LogP contribution in [-0.4, -0.2) is 69.7 Å². The first-order valence-corrected chi connectivity index (χ1v) is 16.1. The molecule has 0 aliphatic carbocycles. The summed E-state index contributed by atoms with van der Waals surface area (Å²) in [6.45, 7) is 4.99. The molecule has 42 heavy (non-hydrogen) atoms. The van der Waals surface area contributed by atoms with Crippen LogP contribution < -0.4 is 20.3 Å². The number of phenols is 1. The van der Waals surface area contributed by atoms with Crippen molar-refractivity contribution >= 4 is 33.1 Å². The third-order valence-corrected chi connectivity index (χ3v) is 7.78. The minimum atomic E-state index is -3.55. The molecule has 0 unspecified atom stereocenters. The number of nitrogens with one attached hydrogen (secondary N) is 3. The summed E-state index contributed by atoms with van der Waals surface area (Å²) in [6.07, 6.45) is 2.96. The number of aliphatic hydroxyl groups excluding tert-OH is 1. The molecule has 3 aromatic rings. The van der Waals surface area contributed by atoms with Crippen LogP contribution in [0.1, 0.15) is 47.4 Å². The first kappa shape index (κ1) is 31.1. The number of esters is 1. The number of anilines is 3. The maximum Gasteiger partial charge on any atom is 0.338 e. The maximum absolute atomic E-state index is 11.9. The first-order chi connectivity index (χ1) is 20.1. The van der Waals surface area contributed by atoms with Gasteiger partial charge in [0.2, 0.25) is 10.0 Å². The fourth-order valence-electron chi connectivity index (χ4n) is 4.94. The van der Waals surface area contributed by atoms with E-state index >= 15 is 0 Å². The molecule has 0 aromatic heterocycles. The van der Waals surface area contributed by atoms with Gasteiger partial charge < -0.3 is 30.5 Å². The quantitative estimate of drug-likeness (QED) is 0.113. The van der Waals surface area contributed by atoms with E-state index in [1.165, 1.54) is 17.7 Å². The monoisotopic (exact) mass is 596 g/mol. The van der Waals surface area contributed by atoms with Crippen molar-refractivity contribution in [1.29, 1.82) is 0 Å². The van der Waals surface area contributed by atoms with Gasteiger partial charge in [-0.2, -0.15) is 0 Å². The van der Waals surface area contributed by atoms with Crippen LogP contribution in [0, 0.1) is 0 Å². The van der Waals surface area contributed by atoms with Crippen LogP contribution in [0.3, 0.4) is 0 Å². The summed E-state index contributed by atoms with van der Waals surface area (Å²) < 4.78 is 30.3. The molecule has 10 nitrogen and oxygen atoms in total. The normalized spacial score (nSPS) is 14.8. The van der Waals surface area contributed by atoms with Crippen molar-refractivity contribution in [2.24, 2.45) is 0 Å². The fraction of sp³-hybridized carbons (Fsp3) is 0.387. The summed E-state index contributed by atoms with van der Waals surface area (Å²) in [5.41, 5.74) is 4.49. The molecule has 1 aliphatic heterocycles. The van der Waals surface area contributed by atoms with E-state index in [9.17, 15) is 23.4 Å². The number of rotatable bonds is 13. The highest BCUT2D eigenvalue weighted by Gasteiger charge is 2.20. The molecule has 0 bridgehead atoms.